The number of anilines is 3. The minimum atomic E-state index is -0.594. The lowest BCUT2D eigenvalue weighted by Crippen LogP contribution is -2.22. The third-order valence-electron chi connectivity index (χ3n) is 6.84. The molecule has 0 spiro atoms. The van der Waals surface area contributed by atoms with Gasteiger partial charge in [0.05, 0.1) is 0 Å². The summed E-state index contributed by atoms with van der Waals surface area (Å²) in [7, 11) is 0. The van der Waals surface area contributed by atoms with E-state index in [0.717, 1.165) is 0 Å². The van der Waals surface area contributed by atoms with E-state index in [1.807, 2.05) is 0 Å². The van der Waals surface area contributed by atoms with E-state index >= 15 is 0 Å². The summed E-state index contributed by atoms with van der Waals surface area (Å²) >= 11 is 16.9. The highest BCUT2D eigenvalue weighted by Gasteiger charge is 2.18. The van der Waals surface area contributed by atoms with Crippen molar-refractivity contribution >= 4 is 87.2 Å². The van der Waals surface area contributed by atoms with Gasteiger partial charge in [-0.1, -0.05) is 73.1 Å². The first-order valence-corrected chi connectivity index (χ1v) is 14.4. The molecule has 0 aliphatic heterocycles. The van der Waals surface area contributed by atoms with Crippen molar-refractivity contribution in [2.45, 2.75) is 20.8 Å². The molecule has 3 amide bonds. The number of hydrogen-bond donors (Lipinski definition) is 6. The van der Waals surface area contributed by atoms with Crippen molar-refractivity contribution in [1.29, 1.82) is 0 Å². The van der Waals surface area contributed by atoms with E-state index < -0.39 is 17.7 Å². The molecule has 0 fully saturated rings. The zero-order valence-electron chi connectivity index (χ0n) is 24.2. The van der Waals surface area contributed by atoms with Gasteiger partial charge in [-0.05, 0) is 55.7 Å². The van der Waals surface area contributed by atoms with Gasteiger partial charge < -0.3 is 33.2 Å². The number of nitrogens with zero attached hydrogens (tertiary/aromatic N) is 3. The molecule has 228 valence electrons. The fourth-order valence-corrected chi connectivity index (χ4v) is 5.43. The Morgan fingerprint density at radius 3 is 0.933 bits per heavy atom. The molecule has 4 rings (SSSR count). The van der Waals surface area contributed by atoms with Crippen LogP contribution in [0.2, 0.25) is 0 Å². The third kappa shape index (κ3) is 7.29. The number of primary amides is 3. The minimum Gasteiger partial charge on any atom is -0.366 e. The Hall–Kier alpha value is -5.25. The number of carbonyl (C=O) groups excluding carboxylic acids is 3. The largest absolute Gasteiger partial charge is 0.366 e. The maximum atomic E-state index is 11.9. The molecule has 45 heavy (non-hydrogen) atoms. The van der Waals surface area contributed by atoms with E-state index in [0.29, 0.717) is 50.1 Å². The van der Waals surface area contributed by atoms with E-state index in [1.165, 1.54) is 0 Å². The number of nitrogens with two attached hydrogens (primary N) is 3. The Labute approximate surface area is 274 Å². The van der Waals surface area contributed by atoms with Crippen LogP contribution in [0.4, 0.5) is 17.8 Å². The van der Waals surface area contributed by atoms with Gasteiger partial charge in [-0.2, -0.15) is 15.0 Å². The average molecular weight is 658 g/mol. The highest BCUT2D eigenvalue weighted by Crippen LogP contribution is 2.21. The second-order valence-corrected chi connectivity index (χ2v) is 10.9. The fourth-order valence-electron chi connectivity index (χ4n) is 4.50. The summed E-state index contributed by atoms with van der Waals surface area (Å²) in [6.07, 6.45) is 0. The quantitative estimate of drug-likeness (QED) is 0.143. The number of benzene rings is 3. The van der Waals surface area contributed by atoms with Gasteiger partial charge in [0, 0.05) is 33.4 Å². The van der Waals surface area contributed by atoms with Crippen LogP contribution in [0, 0.1) is 20.8 Å². The Morgan fingerprint density at radius 1 is 0.489 bits per heavy atom. The topological polar surface area (TPSA) is 204 Å². The zero-order chi connectivity index (χ0) is 33.0. The van der Waals surface area contributed by atoms with Gasteiger partial charge in [-0.15, -0.1) is 0 Å². The monoisotopic (exact) mass is 657 g/mol. The molecule has 1 heterocycles. The normalized spacial score (nSPS) is 10.5. The van der Waals surface area contributed by atoms with Gasteiger partial charge in [-0.25, -0.2) is 0 Å². The Balaban J connectivity index is 1.72. The molecule has 0 bridgehead atoms. The first kappa shape index (κ1) is 32.7. The van der Waals surface area contributed by atoms with E-state index in [1.54, 1.807) is 75.4 Å². The van der Waals surface area contributed by atoms with Crippen LogP contribution >= 0.6 is 36.7 Å². The van der Waals surface area contributed by atoms with E-state index in [4.69, 9.17) is 53.9 Å². The van der Waals surface area contributed by atoms with Gasteiger partial charge in [0.15, 0.2) is 0 Å². The molecule has 0 saturated heterocycles. The molecule has 0 radical (unpaired) electrons. The summed E-state index contributed by atoms with van der Waals surface area (Å²) < 4.78 is 0. The molecule has 0 aliphatic carbocycles. The lowest BCUT2D eigenvalue weighted by atomic mass is 10.0. The molecule has 12 nitrogen and oxygen atoms in total. The lowest BCUT2D eigenvalue weighted by Gasteiger charge is -2.16. The second-order valence-electron chi connectivity index (χ2n) is 9.70. The van der Waals surface area contributed by atoms with Crippen molar-refractivity contribution in [3.05, 3.63) is 105 Å². The Kier molecular flexibility index (Phi) is 9.86. The van der Waals surface area contributed by atoms with Gasteiger partial charge >= 0.3 is 0 Å². The summed E-state index contributed by atoms with van der Waals surface area (Å²) in [6, 6.07) is 15.0. The molecular formula is C30H27N9O3S3. The summed E-state index contributed by atoms with van der Waals surface area (Å²) in [5, 5.41) is 8.91. The smallest absolute Gasteiger partial charge is 0.248 e. The highest BCUT2D eigenvalue weighted by atomic mass is 32.1. The predicted octanol–water partition coefficient (Wildman–Crippen LogP) is 3.46. The minimum absolute atomic E-state index is 0.0136. The van der Waals surface area contributed by atoms with Crippen molar-refractivity contribution in [3.63, 3.8) is 0 Å². The van der Waals surface area contributed by atoms with Crippen LogP contribution < -0.4 is 33.2 Å². The van der Waals surface area contributed by atoms with E-state index in [-0.39, 0.29) is 32.8 Å². The van der Waals surface area contributed by atoms with Crippen LogP contribution in [-0.4, -0.2) is 47.6 Å². The summed E-state index contributed by atoms with van der Waals surface area (Å²) in [5.41, 5.74) is 20.8. The SMILES string of the molecule is Cc1c(C(N)=O)cccc1C(=S)Nc1nc(NC(=S)c2cccc(C(N)=O)c2C)nc(NC(=S)c2cccc(C(N)=O)c2C)n1. The standard InChI is InChI=1S/C30H27N9O3S3/c1-13-16(22(31)40)7-4-10-19(13)25(43)34-28-37-29(35-26(44)20-11-5-8-17(14(20)2)23(32)41)39-30(38-28)36-27(45)21-12-6-9-18(15(21)3)24(33)42/h4-12H,1-3H3,(H2,31,40)(H2,32,41)(H2,33,42)(H3,34,35,36,37,38,39,43,44,45). The number of aromatic nitrogens is 3. The molecule has 1 aromatic heterocycles. The first-order chi connectivity index (χ1) is 21.3. The molecule has 15 heteroatoms. The molecule has 9 N–H and O–H groups in total. The summed E-state index contributed by atoms with van der Waals surface area (Å²) in [4.78, 5) is 49.5. The van der Waals surface area contributed by atoms with Crippen LogP contribution in [0.3, 0.4) is 0 Å². The van der Waals surface area contributed by atoms with Gasteiger partial charge in [0.25, 0.3) is 0 Å². The summed E-state index contributed by atoms with van der Waals surface area (Å²) in [5.74, 6) is -1.74. The molecule has 3 aromatic carbocycles. The van der Waals surface area contributed by atoms with Gasteiger partial charge in [0.2, 0.25) is 35.6 Å². The van der Waals surface area contributed by atoms with Gasteiger partial charge in [0.1, 0.15) is 15.0 Å². The first-order valence-electron chi connectivity index (χ1n) is 13.2. The molecule has 0 aliphatic rings. The molecular weight excluding hydrogens is 631 g/mol. The molecule has 0 atom stereocenters. The van der Waals surface area contributed by atoms with Crippen LogP contribution in [-0.2, 0) is 0 Å². The molecule has 0 saturated carbocycles. The van der Waals surface area contributed by atoms with Gasteiger partial charge in [-0.3, -0.25) is 14.4 Å². The second kappa shape index (κ2) is 13.6. The van der Waals surface area contributed by atoms with Crippen molar-refractivity contribution in [1.82, 2.24) is 15.0 Å². The van der Waals surface area contributed by atoms with Crippen LogP contribution in [0.1, 0.15) is 64.5 Å². The van der Waals surface area contributed by atoms with Crippen LogP contribution in [0.15, 0.2) is 54.6 Å². The highest BCUT2D eigenvalue weighted by molar-refractivity contribution is 7.81. The fraction of sp³-hybridized carbons (Fsp3) is 0.100. The number of rotatable bonds is 9. The number of nitrogens with one attached hydrogen (secondary N) is 3. The van der Waals surface area contributed by atoms with Crippen molar-refractivity contribution < 1.29 is 14.4 Å². The van der Waals surface area contributed by atoms with E-state index in [9.17, 15) is 14.4 Å². The van der Waals surface area contributed by atoms with Crippen LogP contribution in [0.25, 0.3) is 0 Å². The predicted molar refractivity (Wildman–Crippen MR) is 185 cm³/mol. The third-order valence-corrected chi connectivity index (χ3v) is 7.81. The average Bonchev–Trinajstić information content (AvgIpc) is 2.96. The summed E-state index contributed by atoms with van der Waals surface area (Å²) in [6.45, 7) is 5.16. The zero-order valence-corrected chi connectivity index (χ0v) is 26.7. The number of carbonyl (C=O) groups is 3. The maximum absolute atomic E-state index is 11.9. The number of thiocarbonyl (C=S) groups is 3. The van der Waals surface area contributed by atoms with Crippen molar-refractivity contribution in [2.24, 2.45) is 17.2 Å². The molecule has 4 aromatic rings. The Morgan fingerprint density at radius 2 is 0.711 bits per heavy atom. The van der Waals surface area contributed by atoms with Crippen molar-refractivity contribution in [3.8, 4) is 0 Å². The Bertz CT molecular complexity index is 1700. The van der Waals surface area contributed by atoms with E-state index in [2.05, 4.69) is 30.9 Å². The van der Waals surface area contributed by atoms with Crippen LogP contribution in [0.5, 0.6) is 0 Å². The van der Waals surface area contributed by atoms with Crippen molar-refractivity contribution in [2.75, 3.05) is 16.0 Å². The maximum Gasteiger partial charge on any atom is 0.248 e. The number of hydrogen-bond acceptors (Lipinski definition) is 9. The lowest BCUT2D eigenvalue weighted by molar-refractivity contribution is 0.0991. The molecule has 0 unspecified atom stereocenters. The number of amides is 3.